The van der Waals surface area contributed by atoms with Crippen molar-refractivity contribution in [3.05, 3.63) is 30.1 Å². The Morgan fingerprint density at radius 1 is 1.15 bits per heavy atom. The number of hydrogen-bond acceptors (Lipinski definition) is 2. The third-order valence-electron chi connectivity index (χ3n) is 1.13. The molecule has 0 aliphatic carbocycles. The summed E-state index contributed by atoms with van der Waals surface area (Å²) in [5.41, 5.74) is 0.927. The van der Waals surface area contributed by atoms with Gasteiger partial charge in [0.2, 0.25) is 0 Å². The Bertz CT molecular complexity index is 199. The summed E-state index contributed by atoms with van der Waals surface area (Å²) in [5.74, 6) is -0.200. The van der Waals surface area contributed by atoms with E-state index in [2.05, 4.69) is 5.32 Å². The summed E-state index contributed by atoms with van der Waals surface area (Å²) in [6, 6.07) is 6.22. The summed E-state index contributed by atoms with van der Waals surface area (Å²) in [6.45, 7) is 6.00. The van der Waals surface area contributed by atoms with E-state index in [9.17, 15) is 4.39 Å². The van der Waals surface area contributed by atoms with E-state index in [-0.39, 0.29) is 5.82 Å². The quantitative estimate of drug-likeness (QED) is 0.728. The predicted octanol–water partition coefficient (Wildman–Crippen LogP) is 2.71. The lowest BCUT2D eigenvalue weighted by atomic mass is 10.3. The van der Waals surface area contributed by atoms with Gasteiger partial charge in [-0.1, -0.05) is 13.8 Å². The Morgan fingerprint density at radius 2 is 1.54 bits per heavy atom. The molecular weight excluding hydrogens is 169 g/mol. The van der Waals surface area contributed by atoms with Crippen LogP contribution in [-0.4, -0.2) is 13.8 Å². The van der Waals surface area contributed by atoms with Crippen LogP contribution >= 0.6 is 0 Å². The van der Waals surface area contributed by atoms with E-state index in [0.29, 0.717) is 0 Å². The van der Waals surface area contributed by atoms with Crippen LogP contribution in [0.4, 0.5) is 10.1 Å². The Labute approximate surface area is 78.8 Å². The Balaban J connectivity index is 0. The van der Waals surface area contributed by atoms with Crippen molar-refractivity contribution in [2.75, 3.05) is 12.4 Å². The van der Waals surface area contributed by atoms with Crippen LogP contribution in [0.3, 0.4) is 0 Å². The number of carbonyl (C=O) groups excluding carboxylic acids is 1. The van der Waals surface area contributed by atoms with E-state index in [1.165, 1.54) is 12.1 Å². The van der Waals surface area contributed by atoms with Crippen LogP contribution in [0.1, 0.15) is 13.8 Å². The van der Waals surface area contributed by atoms with Gasteiger partial charge in [-0.3, -0.25) is 0 Å². The second-order valence-electron chi connectivity index (χ2n) is 1.76. The van der Waals surface area contributed by atoms with Crippen molar-refractivity contribution < 1.29 is 9.18 Å². The molecule has 0 aliphatic heterocycles. The molecule has 0 atom stereocenters. The van der Waals surface area contributed by atoms with E-state index in [4.69, 9.17) is 4.79 Å². The molecular formula is C10H16FNO. The maximum absolute atomic E-state index is 12.2. The molecule has 0 amide bonds. The molecule has 0 fully saturated rings. The Hall–Kier alpha value is -1.38. The van der Waals surface area contributed by atoms with E-state index in [1.54, 1.807) is 19.2 Å². The van der Waals surface area contributed by atoms with Gasteiger partial charge < -0.3 is 10.1 Å². The fourth-order valence-electron chi connectivity index (χ4n) is 0.617. The van der Waals surface area contributed by atoms with Gasteiger partial charge in [0.05, 0.1) is 0 Å². The zero-order valence-electron chi connectivity index (χ0n) is 8.30. The van der Waals surface area contributed by atoms with Crippen molar-refractivity contribution in [2.45, 2.75) is 13.8 Å². The van der Waals surface area contributed by atoms with Crippen molar-refractivity contribution in [2.24, 2.45) is 0 Å². The minimum absolute atomic E-state index is 0.200. The van der Waals surface area contributed by atoms with Crippen molar-refractivity contribution >= 4 is 12.5 Å². The lowest BCUT2D eigenvalue weighted by Gasteiger charge is -1.95. The highest BCUT2D eigenvalue weighted by Crippen LogP contribution is 2.05. The molecule has 1 aromatic carbocycles. The molecule has 0 bridgehead atoms. The number of benzene rings is 1. The van der Waals surface area contributed by atoms with Crippen LogP contribution in [0.15, 0.2) is 24.3 Å². The molecule has 1 rings (SSSR count). The van der Waals surface area contributed by atoms with Crippen LogP contribution in [0.25, 0.3) is 0 Å². The summed E-state index contributed by atoms with van der Waals surface area (Å²) in [6.07, 6.45) is 0. The van der Waals surface area contributed by atoms with Crippen LogP contribution in [-0.2, 0) is 4.79 Å². The molecule has 0 spiro atoms. The smallest absolute Gasteiger partial charge is 0.123 e. The van der Waals surface area contributed by atoms with Gasteiger partial charge in [-0.25, -0.2) is 4.39 Å². The van der Waals surface area contributed by atoms with E-state index in [0.717, 1.165) is 5.69 Å². The average molecular weight is 185 g/mol. The van der Waals surface area contributed by atoms with Gasteiger partial charge in [0, 0.05) is 12.7 Å². The number of carbonyl (C=O) groups is 1. The van der Waals surface area contributed by atoms with Crippen molar-refractivity contribution in [3.63, 3.8) is 0 Å². The van der Waals surface area contributed by atoms with Crippen molar-refractivity contribution in [1.29, 1.82) is 0 Å². The number of anilines is 1. The van der Waals surface area contributed by atoms with Gasteiger partial charge in [-0.2, -0.15) is 0 Å². The van der Waals surface area contributed by atoms with Gasteiger partial charge >= 0.3 is 0 Å². The number of halogens is 1. The Morgan fingerprint density at radius 3 is 1.85 bits per heavy atom. The topological polar surface area (TPSA) is 29.1 Å². The summed E-state index contributed by atoms with van der Waals surface area (Å²) >= 11 is 0. The van der Waals surface area contributed by atoms with Gasteiger partial charge in [0.25, 0.3) is 0 Å². The first-order valence-electron chi connectivity index (χ1n) is 4.05. The molecule has 3 heteroatoms. The molecule has 0 saturated heterocycles. The first-order valence-corrected chi connectivity index (χ1v) is 4.05. The van der Waals surface area contributed by atoms with Crippen molar-refractivity contribution in [3.8, 4) is 0 Å². The van der Waals surface area contributed by atoms with E-state index < -0.39 is 0 Å². The third kappa shape index (κ3) is 7.00. The highest BCUT2D eigenvalue weighted by Gasteiger charge is 1.86. The molecule has 0 saturated carbocycles. The Kier molecular flexibility index (Phi) is 11.6. The lowest BCUT2D eigenvalue weighted by molar-refractivity contribution is -0.0979. The highest BCUT2D eigenvalue weighted by molar-refractivity contribution is 5.41. The minimum Gasteiger partial charge on any atom is -0.388 e. The molecule has 13 heavy (non-hydrogen) atoms. The normalized spacial score (nSPS) is 7.08. The van der Waals surface area contributed by atoms with E-state index >= 15 is 0 Å². The first-order chi connectivity index (χ1) is 6.33. The second kappa shape index (κ2) is 10.6. The molecule has 74 valence electrons. The summed E-state index contributed by atoms with van der Waals surface area (Å²) in [4.78, 5) is 8.00. The van der Waals surface area contributed by atoms with Crippen LogP contribution < -0.4 is 5.32 Å². The number of nitrogens with one attached hydrogen (secondary N) is 1. The molecule has 1 N–H and O–H groups in total. The number of hydrogen-bond donors (Lipinski definition) is 1. The van der Waals surface area contributed by atoms with Gasteiger partial charge in [0.1, 0.15) is 12.6 Å². The van der Waals surface area contributed by atoms with Gasteiger partial charge in [-0.05, 0) is 24.3 Å². The second-order valence-corrected chi connectivity index (χ2v) is 1.76. The molecule has 0 aliphatic rings. The largest absolute Gasteiger partial charge is 0.388 e. The molecule has 0 heterocycles. The molecule has 0 unspecified atom stereocenters. The SMILES string of the molecule is C=O.CC.CNc1ccc(F)cc1. The maximum Gasteiger partial charge on any atom is 0.123 e. The fraction of sp³-hybridized carbons (Fsp3) is 0.300. The molecule has 1 aromatic rings. The first kappa shape index (κ1) is 14.2. The maximum atomic E-state index is 12.2. The summed E-state index contributed by atoms with van der Waals surface area (Å²) < 4.78 is 12.2. The van der Waals surface area contributed by atoms with Crippen molar-refractivity contribution in [1.82, 2.24) is 0 Å². The molecule has 0 aromatic heterocycles. The van der Waals surface area contributed by atoms with Gasteiger partial charge in [0.15, 0.2) is 0 Å². The summed E-state index contributed by atoms with van der Waals surface area (Å²) in [7, 11) is 1.80. The minimum atomic E-state index is -0.200. The van der Waals surface area contributed by atoms with Crippen LogP contribution in [0.5, 0.6) is 0 Å². The standard InChI is InChI=1S/C7H8FN.C2H6.CH2O/c1-9-7-4-2-6(8)3-5-7;2*1-2/h2-5,9H,1H3;1-2H3;1H2. The zero-order valence-corrected chi connectivity index (χ0v) is 8.30. The van der Waals surface area contributed by atoms with Crippen LogP contribution in [0.2, 0.25) is 0 Å². The van der Waals surface area contributed by atoms with Crippen LogP contribution in [0, 0.1) is 5.82 Å². The zero-order chi connectivity index (χ0) is 10.7. The van der Waals surface area contributed by atoms with E-state index in [1.807, 2.05) is 20.6 Å². The molecule has 0 radical (unpaired) electrons. The van der Waals surface area contributed by atoms with Gasteiger partial charge in [-0.15, -0.1) is 0 Å². The third-order valence-corrected chi connectivity index (χ3v) is 1.13. The lowest BCUT2D eigenvalue weighted by Crippen LogP contribution is -1.86. The monoisotopic (exact) mass is 185 g/mol. The average Bonchev–Trinajstić information content (AvgIpc) is 2.25. The fourth-order valence-corrected chi connectivity index (χ4v) is 0.617. The predicted molar refractivity (Wildman–Crippen MR) is 54.4 cm³/mol. The number of rotatable bonds is 1. The summed E-state index contributed by atoms with van der Waals surface area (Å²) in [5, 5.41) is 2.89. The highest BCUT2D eigenvalue weighted by atomic mass is 19.1. The molecule has 2 nitrogen and oxygen atoms in total.